The Hall–Kier alpha value is -2.66. The quantitative estimate of drug-likeness (QED) is 0.430. The van der Waals surface area contributed by atoms with Crippen molar-refractivity contribution in [2.24, 2.45) is 0 Å². The Morgan fingerprint density at radius 3 is 1.97 bits per heavy atom. The van der Waals surface area contributed by atoms with Crippen LogP contribution in [0.5, 0.6) is 0 Å². The summed E-state index contributed by atoms with van der Waals surface area (Å²) in [5.41, 5.74) is -2.92. The number of nitrogens with zero attached hydrogens (tertiary/aromatic N) is 3. The molecule has 2 aliphatic heterocycles. The zero-order chi connectivity index (χ0) is 28.1. The number of likely N-dealkylation sites (tertiary alicyclic amines) is 1. The first kappa shape index (κ1) is 27.9. The van der Waals surface area contributed by atoms with E-state index >= 15 is 0 Å². The number of hydrogen-bond acceptors (Lipinski definition) is 3. The fraction of sp³-hybridized carbons (Fsp3) is 0.536. The van der Waals surface area contributed by atoms with Gasteiger partial charge in [0.05, 0.1) is 11.1 Å². The van der Waals surface area contributed by atoms with E-state index in [2.05, 4.69) is 16.7 Å². The Kier molecular flexibility index (Phi) is 7.43. The molecule has 5 rings (SSSR count). The van der Waals surface area contributed by atoms with Gasteiger partial charge < -0.3 is 4.90 Å². The second-order valence-corrected chi connectivity index (χ2v) is 10.9. The monoisotopic (exact) mass is 557 g/mol. The Balaban J connectivity index is 1.42. The van der Waals surface area contributed by atoms with Gasteiger partial charge in [-0.2, -0.15) is 26.3 Å². The molecule has 0 N–H and O–H groups in total. The van der Waals surface area contributed by atoms with Crippen molar-refractivity contribution in [2.75, 3.05) is 32.7 Å². The first-order chi connectivity index (χ1) is 18.3. The molecule has 3 aliphatic rings. The van der Waals surface area contributed by atoms with Crippen molar-refractivity contribution in [3.05, 3.63) is 70.5 Å². The highest BCUT2D eigenvalue weighted by Gasteiger charge is 2.42. The van der Waals surface area contributed by atoms with Gasteiger partial charge in [-0.25, -0.2) is 4.39 Å². The number of carbonyl (C=O) groups excluding carboxylic acids is 1. The summed E-state index contributed by atoms with van der Waals surface area (Å²) >= 11 is 0. The van der Waals surface area contributed by atoms with Gasteiger partial charge in [0.25, 0.3) is 5.91 Å². The molecule has 2 saturated heterocycles. The topological polar surface area (TPSA) is 26.8 Å². The molecule has 11 heteroatoms. The molecule has 1 aliphatic carbocycles. The molecule has 212 valence electrons. The minimum atomic E-state index is -5.04. The summed E-state index contributed by atoms with van der Waals surface area (Å²) < 4.78 is 94.1. The third kappa shape index (κ3) is 6.09. The molecular formula is C28H30F7N3O. The predicted molar refractivity (Wildman–Crippen MR) is 131 cm³/mol. The second kappa shape index (κ2) is 10.4. The Morgan fingerprint density at radius 2 is 1.44 bits per heavy atom. The number of benzene rings is 2. The molecule has 0 aromatic heterocycles. The Bertz CT molecular complexity index is 1160. The third-order valence-corrected chi connectivity index (χ3v) is 8.20. The summed E-state index contributed by atoms with van der Waals surface area (Å²) in [6.07, 6.45) is -7.18. The van der Waals surface area contributed by atoms with Crippen LogP contribution in [0.25, 0.3) is 0 Å². The van der Waals surface area contributed by atoms with Crippen LogP contribution in [-0.2, 0) is 12.4 Å². The standard InChI is InChI=1S/C28H30F7N3O/c1-17-15-36(23-6-7-23)10-11-38(17)25-8-9-37(16-24(25)18-2-4-22(29)5-3-18)26(39)19-12-20(27(30,31)32)14-21(13-19)28(33,34)35/h2-5,12-14,17,23-25H,6-11,15-16H2,1H3/t17?,24-,25-/m0/s1. The number of hydrogen-bond donors (Lipinski definition) is 0. The zero-order valence-corrected chi connectivity index (χ0v) is 21.4. The number of piperazine rings is 1. The van der Waals surface area contributed by atoms with Crippen molar-refractivity contribution < 1.29 is 35.5 Å². The highest BCUT2D eigenvalue weighted by atomic mass is 19.4. The van der Waals surface area contributed by atoms with Crippen LogP contribution < -0.4 is 0 Å². The smallest absolute Gasteiger partial charge is 0.338 e. The Morgan fingerprint density at radius 1 is 0.821 bits per heavy atom. The summed E-state index contributed by atoms with van der Waals surface area (Å²) in [5, 5.41) is 0. The highest BCUT2D eigenvalue weighted by Crippen LogP contribution is 2.39. The molecule has 39 heavy (non-hydrogen) atoms. The maximum atomic E-state index is 13.7. The molecule has 2 aromatic rings. The van der Waals surface area contributed by atoms with Crippen molar-refractivity contribution in [2.45, 2.75) is 62.6 Å². The molecule has 1 unspecified atom stereocenters. The van der Waals surface area contributed by atoms with E-state index in [9.17, 15) is 35.5 Å². The molecule has 0 radical (unpaired) electrons. The molecule has 1 amide bonds. The van der Waals surface area contributed by atoms with Crippen LogP contribution >= 0.6 is 0 Å². The zero-order valence-electron chi connectivity index (χ0n) is 21.4. The minimum Gasteiger partial charge on any atom is -0.338 e. The maximum Gasteiger partial charge on any atom is 0.416 e. The van der Waals surface area contributed by atoms with Gasteiger partial charge in [-0.15, -0.1) is 0 Å². The van der Waals surface area contributed by atoms with Crippen LogP contribution in [0.2, 0.25) is 0 Å². The van der Waals surface area contributed by atoms with Gasteiger partial charge in [-0.05, 0) is 62.1 Å². The van der Waals surface area contributed by atoms with Gasteiger partial charge in [-0.3, -0.25) is 14.6 Å². The van der Waals surface area contributed by atoms with Gasteiger partial charge in [-0.1, -0.05) is 12.1 Å². The number of alkyl halides is 6. The van der Waals surface area contributed by atoms with E-state index in [1.807, 2.05) is 0 Å². The lowest BCUT2D eigenvalue weighted by Gasteiger charge is -2.50. The number of piperidine rings is 1. The summed E-state index contributed by atoms with van der Waals surface area (Å²) in [7, 11) is 0. The summed E-state index contributed by atoms with van der Waals surface area (Å²) in [6.45, 7) is 5.07. The van der Waals surface area contributed by atoms with Crippen LogP contribution in [0.1, 0.15) is 59.2 Å². The number of halogens is 7. The summed E-state index contributed by atoms with van der Waals surface area (Å²) in [5.74, 6) is -1.59. The van der Waals surface area contributed by atoms with E-state index in [-0.39, 0.29) is 37.2 Å². The lowest BCUT2D eigenvalue weighted by molar-refractivity contribution is -0.143. The van der Waals surface area contributed by atoms with Crippen LogP contribution in [-0.4, -0.2) is 71.5 Å². The minimum absolute atomic E-state index is 0.0110. The fourth-order valence-corrected chi connectivity index (χ4v) is 6.08. The van der Waals surface area contributed by atoms with E-state index in [1.54, 1.807) is 12.1 Å². The third-order valence-electron chi connectivity index (χ3n) is 8.20. The highest BCUT2D eigenvalue weighted by molar-refractivity contribution is 5.95. The van der Waals surface area contributed by atoms with Crippen LogP contribution in [0.4, 0.5) is 30.7 Å². The fourth-order valence-electron chi connectivity index (χ4n) is 6.08. The molecule has 0 spiro atoms. The van der Waals surface area contributed by atoms with Crippen LogP contribution in [0.15, 0.2) is 42.5 Å². The largest absolute Gasteiger partial charge is 0.416 e. The van der Waals surface area contributed by atoms with E-state index < -0.39 is 40.8 Å². The van der Waals surface area contributed by atoms with Crippen molar-refractivity contribution >= 4 is 5.91 Å². The Labute approximate surface area is 222 Å². The van der Waals surface area contributed by atoms with E-state index in [1.165, 1.54) is 29.9 Å². The van der Waals surface area contributed by atoms with Gasteiger partial charge in [0.2, 0.25) is 0 Å². The first-order valence-electron chi connectivity index (χ1n) is 13.2. The summed E-state index contributed by atoms with van der Waals surface area (Å²) in [4.78, 5) is 19.6. The molecule has 2 aromatic carbocycles. The first-order valence-corrected chi connectivity index (χ1v) is 13.2. The number of carbonyl (C=O) groups is 1. The molecule has 0 bridgehead atoms. The van der Waals surface area contributed by atoms with Gasteiger partial charge in [0, 0.05) is 62.3 Å². The average molecular weight is 558 g/mol. The molecule has 1 saturated carbocycles. The van der Waals surface area contributed by atoms with Gasteiger partial charge in [0.15, 0.2) is 0 Å². The molecule has 3 atom stereocenters. The lowest BCUT2D eigenvalue weighted by atomic mass is 9.83. The average Bonchev–Trinajstić information content (AvgIpc) is 3.73. The van der Waals surface area contributed by atoms with E-state index in [0.717, 1.165) is 25.2 Å². The maximum absolute atomic E-state index is 13.7. The number of rotatable bonds is 4. The van der Waals surface area contributed by atoms with Crippen molar-refractivity contribution in [1.29, 1.82) is 0 Å². The summed E-state index contributed by atoms with van der Waals surface area (Å²) in [6, 6.07) is 7.76. The van der Waals surface area contributed by atoms with Gasteiger partial charge >= 0.3 is 12.4 Å². The van der Waals surface area contributed by atoms with Crippen molar-refractivity contribution in [1.82, 2.24) is 14.7 Å². The second-order valence-electron chi connectivity index (χ2n) is 10.9. The van der Waals surface area contributed by atoms with Crippen LogP contribution in [0.3, 0.4) is 0 Å². The van der Waals surface area contributed by atoms with Gasteiger partial charge in [0.1, 0.15) is 5.82 Å². The van der Waals surface area contributed by atoms with E-state index in [4.69, 9.17) is 0 Å². The SMILES string of the molecule is CC1CN(C2CC2)CCN1[C@H]1CCN(C(=O)c2cc(C(F)(F)F)cc(C(F)(F)F)c2)C[C@H]1c1ccc(F)cc1. The van der Waals surface area contributed by atoms with Crippen molar-refractivity contribution in [3.8, 4) is 0 Å². The normalized spacial score (nSPS) is 25.6. The lowest BCUT2D eigenvalue weighted by Crippen LogP contribution is -2.60. The molecule has 2 heterocycles. The molecule has 3 fully saturated rings. The molecular weight excluding hydrogens is 527 g/mol. The van der Waals surface area contributed by atoms with E-state index in [0.29, 0.717) is 24.6 Å². The number of amides is 1. The van der Waals surface area contributed by atoms with Crippen LogP contribution in [0, 0.1) is 5.82 Å². The van der Waals surface area contributed by atoms with Crippen molar-refractivity contribution in [3.63, 3.8) is 0 Å². The molecule has 4 nitrogen and oxygen atoms in total. The predicted octanol–water partition coefficient (Wildman–Crippen LogP) is 6.03.